The Hall–Kier alpha value is -1.27. The molecule has 0 aliphatic heterocycles. The van der Waals surface area contributed by atoms with E-state index in [0.717, 1.165) is 0 Å². The third-order valence-corrected chi connectivity index (χ3v) is 9.41. The van der Waals surface area contributed by atoms with Crippen molar-refractivity contribution in [2.45, 2.75) is 24.2 Å². The SMILES string of the molecule is C[Si](C)(C1C=Cc2ccccc21)C1C=Cc2ccccc21.[H-].[Li+]. The maximum absolute atomic E-state index is 2.54. The van der Waals surface area contributed by atoms with E-state index in [0.29, 0.717) is 11.1 Å². The predicted molar refractivity (Wildman–Crippen MR) is 95.0 cm³/mol. The topological polar surface area (TPSA) is 0 Å². The van der Waals surface area contributed by atoms with E-state index in [4.69, 9.17) is 0 Å². The second-order valence-electron chi connectivity index (χ2n) is 6.75. The standard InChI is InChI=1S/C20H20Si.Li.H/c1-21(2,19-13-11-15-7-3-5-9-17(15)19)20-14-12-16-8-4-6-10-18(16)20;;/h3-14,19-20H,1-2H3;;/q;+1;-1. The van der Waals surface area contributed by atoms with E-state index < -0.39 is 8.07 Å². The molecule has 0 radical (unpaired) electrons. The van der Waals surface area contributed by atoms with Gasteiger partial charge in [-0.25, -0.2) is 0 Å². The molecule has 22 heavy (non-hydrogen) atoms. The molecule has 0 spiro atoms. The molecule has 0 N–H and O–H groups in total. The minimum atomic E-state index is -1.51. The molecule has 0 fully saturated rings. The number of benzene rings is 2. The second kappa shape index (κ2) is 5.74. The first kappa shape index (κ1) is 15.6. The monoisotopic (exact) mass is 296 g/mol. The Morgan fingerprint density at radius 3 is 1.59 bits per heavy atom. The van der Waals surface area contributed by atoms with Gasteiger partial charge in [-0.1, -0.05) is 85.9 Å². The van der Waals surface area contributed by atoms with Crippen LogP contribution in [-0.2, 0) is 0 Å². The first-order chi connectivity index (χ1) is 10.2. The summed E-state index contributed by atoms with van der Waals surface area (Å²) in [6.45, 7) is 5.09. The molecular formula is C20H21LiSi. The minimum absolute atomic E-state index is 0. The first-order valence-electron chi connectivity index (χ1n) is 7.72. The second-order valence-corrected chi connectivity index (χ2v) is 11.6. The van der Waals surface area contributed by atoms with Crippen LogP contribution in [0.15, 0.2) is 60.7 Å². The van der Waals surface area contributed by atoms with Crippen molar-refractivity contribution in [3.05, 3.63) is 82.9 Å². The molecule has 0 amide bonds. The summed E-state index contributed by atoms with van der Waals surface area (Å²) in [5.74, 6) is 0. The van der Waals surface area contributed by atoms with Crippen molar-refractivity contribution in [3.63, 3.8) is 0 Å². The average Bonchev–Trinajstić information content (AvgIpc) is 3.12. The molecule has 0 bridgehead atoms. The van der Waals surface area contributed by atoms with Gasteiger partial charge in [-0.05, 0) is 33.3 Å². The van der Waals surface area contributed by atoms with E-state index >= 15 is 0 Å². The fraction of sp³-hybridized carbons (Fsp3) is 0.200. The van der Waals surface area contributed by atoms with E-state index in [2.05, 4.69) is 85.9 Å². The Morgan fingerprint density at radius 2 is 1.14 bits per heavy atom. The summed E-state index contributed by atoms with van der Waals surface area (Å²) in [4.78, 5) is 0. The fourth-order valence-corrected chi connectivity index (χ4v) is 7.69. The van der Waals surface area contributed by atoms with Crippen LogP contribution in [0.5, 0.6) is 0 Å². The van der Waals surface area contributed by atoms with Crippen molar-refractivity contribution in [2.75, 3.05) is 0 Å². The van der Waals surface area contributed by atoms with Gasteiger partial charge in [-0.3, -0.25) is 0 Å². The van der Waals surface area contributed by atoms with Crippen LogP contribution >= 0.6 is 0 Å². The molecule has 2 atom stereocenters. The van der Waals surface area contributed by atoms with Crippen molar-refractivity contribution in [3.8, 4) is 0 Å². The number of fused-ring (bicyclic) bond motifs is 2. The van der Waals surface area contributed by atoms with Gasteiger partial charge in [0.15, 0.2) is 0 Å². The summed E-state index contributed by atoms with van der Waals surface area (Å²) in [6.07, 6.45) is 9.54. The number of hydrogen-bond donors (Lipinski definition) is 0. The molecule has 2 heteroatoms. The molecule has 0 aromatic heterocycles. The molecule has 2 aliphatic carbocycles. The van der Waals surface area contributed by atoms with Gasteiger partial charge in [0.25, 0.3) is 0 Å². The predicted octanol–water partition coefficient (Wildman–Crippen LogP) is 2.51. The van der Waals surface area contributed by atoms with Gasteiger partial charge in [-0.2, -0.15) is 0 Å². The third-order valence-electron chi connectivity index (χ3n) is 5.20. The van der Waals surface area contributed by atoms with Gasteiger partial charge in [0, 0.05) is 0 Å². The van der Waals surface area contributed by atoms with E-state index in [1.807, 2.05) is 0 Å². The number of hydrogen-bond acceptors (Lipinski definition) is 0. The Bertz CT molecular complexity index is 700. The number of allylic oxidation sites excluding steroid dienone is 2. The van der Waals surface area contributed by atoms with Crippen molar-refractivity contribution in [1.29, 1.82) is 0 Å². The Kier molecular flexibility index (Phi) is 4.08. The summed E-state index contributed by atoms with van der Waals surface area (Å²) in [5.41, 5.74) is 7.14. The zero-order valence-corrected chi connectivity index (χ0v) is 14.6. The van der Waals surface area contributed by atoms with E-state index in [-0.39, 0.29) is 20.3 Å². The zero-order chi connectivity index (χ0) is 14.4. The van der Waals surface area contributed by atoms with Gasteiger partial charge in [0.2, 0.25) is 0 Å². The van der Waals surface area contributed by atoms with E-state index in [9.17, 15) is 0 Å². The molecule has 0 saturated heterocycles. The molecular weight excluding hydrogens is 275 g/mol. The van der Waals surface area contributed by atoms with Gasteiger partial charge in [0.1, 0.15) is 0 Å². The molecule has 0 heterocycles. The maximum Gasteiger partial charge on any atom is 1.00 e. The van der Waals surface area contributed by atoms with Crippen LogP contribution in [0.3, 0.4) is 0 Å². The summed E-state index contributed by atoms with van der Waals surface area (Å²) < 4.78 is 0. The largest absolute Gasteiger partial charge is 1.00 e. The Labute approximate surface area is 147 Å². The Morgan fingerprint density at radius 1 is 0.727 bits per heavy atom. The summed E-state index contributed by atoms with van der Waals surface area (Å²) in [5, 5.41) is 0. The smallest absolute Gasteiger partial charge is 1.00 e. The minimum Gasteiger partial charge on any atom is -1.00 e. The quantitative estimate of drug-likeness (QED) is 0.747. The molecule has 2 aromatic carbocycles. The molecule has 0 saturated carbocycles. The van der Waals surface area contributed by atoms with Gasteiger partial charge >= 0.3 is 18.9 Å². The average molecular weight is 296 g/mol. The maximum atomic E-state index is 2.54. The Balaban J connectivity index is 0.000000960. The molecule has 4 rings (SSSR count). The van der Waals surface area contributed by atoms with Crippen LogP contribution in [0.1, 0.15) is 34.8 Å². The van der Waals surface area contributed by atoms with E-state index in [1.165, 1.54) is 22.3 Å². The van der Waals surface area contributed by atoms with E-state index in [1.54, 1.807) is 0 Å². The molecule has 2 aromatic rings. The fourth-order valence-electron chi connectivity index (χ4n) is 3.99. The van der Waals surface area contributed by atoms with Gasteiger partial charge in [0.05, 0.1) is 8.07 Å². The van der Waals surface area contributed by atoms with Crippen molar-refractivity contribution >= 4 is 20.2 Å². The van der Waals surface area contributed by atoms with Crippen LogP contribution in [0.25, 0.3) is 12.2 Å². The van der Waals surface area contributed by atoms with Crippen LogP contribution in [-0.4, -0.2) is 8.07 Å². The van der Waals surface area contributed by atoms with Crippen LogP contribution in [0, 0.1) is 0 Å². The normalized spacial score (nSPS) is 21.4. The van der Waals surface area contributed by atoms with Crippen molar-refractivity contribution < 1.29 is 20.3 Å². The molecule has 106 valence electrons. The summed E-state index contributed by atoms with van der Waals surface area (Å²) in [6, 6.07) is 17.8. The summed E-state index contributed by atoms with van der Waals surface area (Å²) >= 11 is 0. The van der Waals surface area contributed by atoms with Gasteiger partial charge in [-0.15, -0.1) is 0 Å². The number of rotatable bonds is 2. The summed E-state index contributed by atoms with van der Waals surface area (Å²) in [7, 11) is -1.51. The first-order valence-corrected chi connectivity index (χ1v) is 10.9. The van der Waals surface area contributed by atoms with Crippen molar-refractivity contribution in [2.24, 2.45) is 0 Å². The van der Waals surface area contributed by atoms with Gasteiger partial charge < -0.3 is 1.43 Å². The van der Waals surface area contributed by atoms with Crippen LogP contribution in [0.4, 0.5) is 0 Å². The van der Waals surface area contributed by atoms with Crippen LogP contribution < -0.4 is 18.9 Å². The molecule has 2 unspecified atom stereocenters. The van der Waals surface area contributed by atoms with Crippen LogP contribution in [0.2, 0.25) is 13.1 Å². The third kappa shape index (κ3) is 2.29. The molecule has 0 nitrogen and oxygen atoms in total. The van der Waals surface area contributed by atoms with Crippen molar-refractivity contribution in [1.82, 2.24) is 0 Å². The molecule has 2 aliphatic rings. The zero-order valence-electron chi connectivity index (χ0n) is 14.6.